The minimum Gasteiger partial charge on any atom is -0.198 e. The van der Waals surface area contributed by atoms with Crippen molar-refractivity contribution < 1.29 is 0 Å². The lowest BCUT2D eigenvalue weighted by atomic mass is 10.1. The van der Waals surface area contributed by atoms with Crippen LogP contribution in [0.25, 0.3) is 0 Å². The zero-order valence-corrected chi connectivity index (χ0v) is 10.2. The molecule has 0 heterocycles. The molecule has 0 aromatic heterocycles. The Labute approximate surface area is 87.4 Å². The van der Waals surface area contributed by atoms with Gasteiger partial charge in [0.1, 0.15) is 0 Å². The normalized spacial score (nSPS) is 11.0. The highest BCUT2D eigenvalue weighted by Crippen LogP contribution is 2.12. The molecular formula is C12H17NSi. The fraction of sp³-hybridized carbons (Fsp3) is 0.417. The molecule has 0 saturated carbocycles. The molecule has 0 spiro atoms. The molecular weight excluding hydrogens is 186 g/mol. The van der Waals surface area contributed by atoms with Gasteiger partial charge in [-0.3, -0.25) is 0 Å². The fourth-order valence-electron chi connectivity index (χ4n) is 1.48. The summed E-state index contributed by atoms with van der Waals surface area (Å²) in [7, 11) is -0.999. The maximum absolute atomic E-state index is 8.53. The largest absolute Gasteiger partial charge is 0.198 e. The lowest BCUT2D eigenvalue weighted by Gasteiger charge is -2.15. The Hall–Kier alpha value is -1.07. The Morgan fingerprint density at radius 3 is 2.00 bits per heavy atom. The van der Waals surface area contributed by atoms with Crippen molar-refractivity contribution in [2.45, 2.75) is 32.1 Å². The second kappa shape index (κ2) is 4.43. The van der Waals surface area contributed by atoms with Crippen LogP contribution in [0.3, 0.4) is 0 Å². The van der Waals surface area contributed by atoms with Crippen LogP contribution in [0.4, 0.5) is 0 Å². The summed E-state index contributed by atoms with van der Waals surface area (Å²) >= 11 is 0. The first kappa shape index (κ1) is 11.0. The van der Waals surface area contributed by atoms with E-state index >= 15 is 0 Å². The van der Waals surface area contributed by atoms with Crippen LogP contribution in [0.15, 0.2) is 24.3 Å². The number of rotatable bonds is 3. The molecule has 2 heteroatoms. The monoisotopic (exact) mass is 203 g/mol. The molecule has 74 valence electrons. The van der Waals surface area contributed by atoms with Crippen LogP contribution >= 0.6 is 0 Å². The van der Waals surface area contributed by atoms with Gasteiger partial charge in [-0.2, -0.15) is 5.26 Å². The van der Waals surface area contributed by atoms with Crippen LogP contribution in [-0.4, -0.2) is 8.07 Å². The molecule has 0 fully saturated rings. The van der Waals surface area contributed by atoms with Gasteiger partial charge in [0.05, 0.1) is 12.5 Å². The third-order valence-corrected chi connectivity index (χ3v) is 3.51. The molecule has 14 heavy (non-hydrogen) atoms. The van der Waals surface area contributed by atoms with E-state index in [0.717, 1.165) is 5.56 Å². The van der Waals surface area contributed by atoms with Crippen LogP contribution < -0.4 is 0 Å². The predicted octanol–water partition coefficient (Wildman–Crippen LogP) is 3.17. The van der Waals surface area contributed by atoms with E-state index < -0.39 is 8.07 Å². The first-order valence-electron chi connectivity index (χ1n) is 4.96. The summed E-state index contributed by atoms with van der Waals surface area (Å²) < 4.78 is 0. The van der Waals surface area contributed by atoms with Gasteiger partial charge in [-0.05, 0) is 11.6 Å². The molecule has 1 rings (SSSR count). The van der Waals surface area contributed by atoms with Gasteiger partial charge in [-0.1, -0.05) is 49.5 Å². The molecule has 1 nitrogen and oxygen atoms in total. The summed E-state index contributed by atoms with van der Waals surface area (Å²) in [6.45, 7) is 7.11. The molecule has 0 unspecified atom stereocenters. The van der Waals surface area contributed by atoms with Crippen molar-refractivity contribution in [2.24, 2.45) is 0 Å². The zero-order chi connectivity index (χ0) is 10.6. The van der Waals surface area contributed by atoms with E-state index in [-0.39, 0.29) is 0 Å². The molecule has 0 N–H and O–H groups in total. The van der Waals surface area contributed by atoms with E-state index in [4.69, 9.17) is 5.26 Å². The molecule has 0 amide bonds. The van der Waals surface area contributed by atoms with Crippen molar-refractivity contribution in [3.63, 3.8) is 0 Å². The van der Waals surface area contributed by atoms with Crippen LogP contribution in [0.2, 0.25) is 19.6 Å². The number of hydrogen-bond donors (Lipinski definition) is 0. The zero-order valence-electron chi connectivity index (χ0n) is 9.17. The van der Waals surface area contributed by atoms with Crippen molar-refractivity contribution in [3.8, 4) is 6.07 Å². The van der Waals surface area contributed by atoms with Gasteiger partial charge in [0, 0.05) is 8.07 Å². The maximum Gasteiger partial charge on any atom is 0.0669 e. The van der Waals surface area contributed by atoms with Gasteiger partial charge >= 0.3 is 0 Å². The predicted molar refractivity (Wildman–Crippen MR) is 62.8 cm³/mol. The minimum absolute atomic E-state index is 0.521. The van der Waals surface area contributed by atoms with Gasteiger partial charge in [0.25, 0.3) is 0 Å². The Kier molecular flexibility index (Phi) is 3.48. The topological polar surface area (TPSA) is 23.8 Å². The van der Waals surface area contributed by atoms with Crippen LogP contribution in [0.1, 0.15) is 11.1 Å². The second-order valence-corrected chi connectivity index (χ2v) is 10.4. The minimum atomic E-state index is -0.999. The summed E-state index contributed by atoms with van der Waals surface area (Å²) in [6, 6.07) is 11.8. The lowest BCUT2D eigenvalue weighted by Crippen LogP contribution is -2.23. The highest BCUT2D eigenvalue weighted by Gasteiger charge is 2.13. The summed E-state index contributed by atoms with van der Waals surface area (Å²) in [5.41, 5.74) is 2.53. The number of nitrogens with zero attached hydrogens (tertiary/aromatic N) is 1. The van der Waals surface area contributed by atoms with E-state index in [1.165, 1.54) is 11.6 Å². The van der Waals surface area contributed by atoms with Crippen molar-refractivity contribution >= 4 is 8.07 Å². The summed E-state index contributed by atoms with van der Waals surface area (Å²) in [4.78, 5) is 0. The fourth-order valence-corrected chi connectivity index (χ4v) is 2.94. The molecule has 0 aliphatic carbocycles. The molecule has 1 aromatic rings. The SMILES string of the molecule is C[Si](C)(C)Cc1ccc(CC#N)cc1. The first-order chi connectivity index (χ1) is 6.51. The Morgan fingerprint density at radius 2 is 1.57 bits per heavy atom. The van der Waals surface area contributed by atoms with Gasteiger partial charge < -0.3 is 0 Å². The summed E-state index contributed by atoms with van der Waals surface area (Å²) in [6.07, 6.45) is 0.521. The molecule has 0 aliphatic rings. The molecule has 0 bridgehead atoms. The van der Waals surface area contributed by atoms with E-state index in [0.29, 0.717) is 6.42 Å². The highest BCUT2D eigenvalue weighted by atomic mass is 28.3. The van der Waals surface area contributed by atoms with Crippen LogP contribution in [0, 0.1) is 11.3 Å². The number of hydrogen-bond acceptors (Lipinski definition) is 1. The van der Waals surface area contributed by atoms with Gasteiger partial charge in [-0.15, -0.1) is 0 Å². The van der Waals surface area contributed by atoms with E-state index in [1.807, 2.05) is 0 Å². The third kappa shape index (κ3) is 3.76. The Morgan fingerprint density at radius 1 is 1.07 bits per heavy atom. The number of nitriles is 1. The van der Waals surface area contributed by atoms with Crippen molar-refractivity contribution in [1.29, 1.82) is 5.26 Å². The molecule has 0 aliphatic heterocycles. The Balaban J connectivity index is 2.70. The smallest absolute Gasteiger partial charge is 0.0669 e. The quantitative estimate of drug-likeness (QED) is 0.692. The van der Waals surface area contributed by atoms with Crippen LogP contribution in [-0.2, 0) is 12.5 Å². The molecule has 0 atom stereocenters. The van der Waals surface area contributed by atoms with E-state index in [2.05, 4.69) is 50.0 Å². The maximum atomic E-state index is 8.53. The molecule has 0 saturated heterocycles. The van der Waals surface area contributed by atoms with E-state index in [1.54, 1.807) is 0 Å². The third-order valence-electron chi connectivity index (χ3n) is 2.04. The molecule has 1 aromatic carbocycles. The second-order valence-electron chi connectivity index (χ2n) is 4.89. The van der Waals surface area contributed by atoms with E-state index in [9.17, 15) is 0 Å². The highest BCUT2D eigenvalue weighted by molar-refractivity contribution is 6.75. The van der Waals surface area contributed by atoms with Gasteiger partial charge in [0.2, 0.25) is 0 Å². The van der Waals surface area contributed by atoms with Gasteiger partial charge in [0.15, 0.2) is 0 Å². The first-order valence-corrected chi connectivity index (χ1v) is 8.67. The average molecular weight is 203 g/mol. The average Bonchev–Trinajstić information content (AvgIpc) is 2.06. The lowest BCUT2D eigenvalue weighted by molar-refractivity contribution is 1.23. The standard InChI is InChI=1S/C12H17NSi/c1-14(2,3)10-12-6-4-11(5-7-12)8-9-13/h4-7H,8,10H2,1-3H3. The summed E-state index contributed by atoms with van der Waals surface area (Å²) in [5.74, 6) is 0. The Bertz CT molecular complexity index is 327. The van der Waals surface area contributed by atoms with Crippen LogP contribution in [0.5, 0.6) is 0 Å². The van der Waals surface area contributed by atoms with Gasteiger partial charge in [-0.25, -0.2) is 0 Å². The van der Waals surface area contributed by atoms with Crippen molar-refractivity contribution in [3.05, 3.63) is 35.4 Å². The summed E-state index contributed by atoms with van der Waals surface area (Å²) in [5, 5.41) is 8.53. The van der Waals surface area contributed by atoms with Crippen molar-refractivity contribution in [1.82, 2.24) is 0 Å². The van der Waals surface area contributed by atoms with Crippen molar-refractivity contribution in [2.75, 3.05) is 0 Å². The molecule has 0 radical (unpaired) electrons. The number of benzene rings is 1.